The zero-order chi connectivity index (χ0) is 17.3. The Morgan fingerprint density at radius 1 is 1.08 bits per heavy atom. The van der Waals surface area contributed by atoms with E-state index in [4.69, 9.17) is 11.6 Å². The van der Waals surface area contributed by atoms with Gasteiger partial charge in [0.15, 0.2) is 0 Å². The SMILES string of the molecule is O=C(Nc1cc([N+](=O)[O-])ccc1F)c1cccc2c(Cl)cccc12. The first-order chi connectivity index (χ1) is 11.5. The first-order valence-electron chi connectivity index (χ1n) is 6.90. The van der Waals surface area contributed by atoms with Crippen molar-refractivity contribution in [2.24, 2.45) is 0 Å². The number of fused-ring (bicyclic) bond motifs is 1. The van der Waals surface area contributed by atoms with Crippen molar-refractivity contribution >= 4 is 39.7 Å². The summed E-state index contributed by atoms with van der Waals surface area (Å²) in [5, 5.41) is 14.9. The van der Waals surface area contributed by atoms with E-state index in [2.05, 4.69) is 5.32 Å². The molecule has 0 fully saturated rings. The number of benzene rings is 3. The van der Waals surface area contributed by atoms with Crippen LogP contribution in [0.25, 0.3) is 10.8 Å². The molecule has 0 spiro atoms. The molecule has 0 unspecified atom stereocenters. The molecular weight excluding hydrogens is 335 g/mol. The summed E-state index contributed by atoms with van der Waals surface area (Å²) in [5.41, 5.74) is -0.276. The maximum Gasteiger partial charge on any atom is 0.271 e. The van der Waals surface area contributed by atoms with Crippen LogP contribution < -0.4 is 5.32 Å². The lowest BCUT2D eigenvalue weighted by Crippen LogP contribution is -2.13. The van der Waals surface area contributed by atoms with Gasteiger partial charge < -0.3 is 5.32 Å². The summed E-state index contributed by atoms with van der Waals surface area (Å²) >= 11 is 6.11. The number of nitro benzene ring substituents is 1. The van der Waals surface area contributed by atoms with Gasteiger partial charge in [-0.05, 0) is 23.6 Å². The standard InChI is InChI=1S/C17H10ClFN2O3/c18-14-6-2-3-11-12(14)4-1-5-13(11)17(22)20-16-9-10(21(23)24)7-8-15(16)19/h1-9H,(H,20,22). The van der Waals surface area contributed by atoms with Crippen molar-refractivity contribution in [1.82, 2.24) is 0 Å². The number of nitro groups is 1. The van der Waals surface area contributed by atoms with Crippen molar-refractivity contribution in [2.75, 3.05) is 5.32 Å². The molecule has 0 atom stereocenters. The quantitative estimate of drug-likeness (QED) is 0.548. The number of carbonyl (C=O) groups is 1. The molecule has 0 bridgehead atoms. The van der Waals surface area contributed by atoms with E-state index in [-0.39, 0.29) is 11.4 Å². The highest BCUT2D eigenvalue weighted by Gasteiger charge is 2.16. The molecule has 0 aromatic heterocycles. The van der Waals surface area contributed by atoms with Gasteiger partial charge in [0.1, 0.15) is 5.82 Å². The minimum Gasteiger partial charge on any atom is -0.319 e. The molecule has 7 heteroatoms. The summed E-state index contributed by atoms with van der Waals surface area (Å²) in [7, 11) is 0. The Bertz CT molecular complexity index is 975. The average Bonchev–Trinajstić information content (AvgIpc) is 2.56. The van der Waals surface area contributed by atoms with Gasteiger partial charge in [-0.15, -0.1) is 0 Å². The molecule has 0 aliphatic carbocycles. The summed E-state index contributed by atoms with van der Waals surface area (Å²) in [4.78, 5) is 22.6. The fraction of sp³-hybridized carbons (Fsp3) is 0. The molecule has 0 aliphatic rings. The number of anilines is 1. The van der Waals surface area contributed by atoms with Gasteiger partial charge >= 0.3 is 0 Å². The number of hydrogen-bond acceptors (Lipinski definition) is 3. The van der Waals surface area contributed by atoms with Gasteiger partial charge in [-0.2, -0.15) is 0 Å². The monoisotopic (exact) mass is 344 g/mol. The van der Waals surface area contributed by atoms with Crippen LogP contribution in [0, 0.1) is 15.9 Å². The Morgan fingerprint density at radius 3 is 2.54 bits per heavy atom. The number of hydrogen-bond donors (Lipinski definition) is 1. The minimum atomic E-state index is -0.757. The predicted molar refractivity (Wildman–Crippen MR) is 90.0 cm³/mol. The number of carbonyl (C=O) groups excluding carboxylic acids is 1. The molecule has 0 heterocycles. The molecule has 0 saturated heterocycles. The van der Waals surface area contributed by atoms with Crippen LogP contribution in [-0.4, -0.2) is 10.8 Å². The molecule has 1 N–H and O–H groups in total. The number of non-ortho nitro benzene ring substituents is 1. The lowest BCUT2D eigenvalue weighted by Gasteiger charge is -2.09. The second kappa shape index (κ2) is 6.25. The molecule has 3 aromatic rings. The number of rotatable bonds is 3. The maximum absolute atomic E-state index is 13.8. The lowest BCUT2D eigenvalue weighted by molar-refractivity contribution is -0.384. The van der Waals surface area contributed by atoms with Gasteiger partial charge in [-0.1, -0.05) is 35.9 Å². The molecule has 5 nitrogen and oxygen atoms in total. The third-order valence-corrected chi connectivity index (χ3v) is 3.85. The van der Waals surface area contributed by atoms with Crippen molar-refractivity contribution in [2.45, 2.75) is 0 Å². The zero-order valence-corrected chi connectivity index (χ0v) is 12.9. The van der Waals surface area contributed by atoms with Gasteiger partial charge in [-0.3, -0.25) is 14.9 Å². The first-order valence-corrected chi connectivity index (χ1v) is 7.27. The summed E-state index contributed by atoms with van der Waals surface area (Å²) in [6.07, 6.45) is 0. The Morgan fingerprint density at radius 2 is 1.79 bits per heavy atom. The fourth-order valence-electron chi connectivity index (χ4n) is 2.38. The highest BCUT2D eigenvalue weighted by Crippen LogP contribution is 2.27. The second-order valence-electron chi connectivity index (χ2n) is 5.02. The Hall–Kier alpha value is -2.99. The Labute approximate surface area is 140 Å². The molecule has 120 valence electrons. The second-order valence-corrected chi connectivity index (χ2v) is 5.42. The number of nitrogens with one attached hydrogen (secondary N) is 1. The van der Waals surface area contributed by atoms with E-state index in [0.717, 1.165) is 18.2 Å². The van der Waals surface area contributed by atoms with Crippen LogP contribution in [0.15, 0.2) is 54.6 Å². The van der Waals surface area contributed by atoms with Crippen molar-refractivity contribution in [3.05, 3.63) is 81.1 Å². The maximum atomic E-state index is 13.8. The summed E-state index contributed by atoms with van der Waals surface area (Å²) in [6.45, 7) is 0. The van der Waals surface area contributed by atoms with E-state index in [9.17, 15) is 19.3 Å². The van der Waals surface area contributed by atoms with E-state index in [0.29, 0.717) is 21.4 Å². The minimum absolute atomic E-state index is 0.256. The van der Waals surface area contributed by atoms with Crippen molar-refractivity contribution in [1.29, 1.82) is 0 Å². The highest BCUT2D eigenvalue weighted by atomic mass is 35.5. The Balaban J connectivity index is 2.01. The van der Waals surface area contributed by atoms with Crippen molar-refractivity contribution in [3.63, 3.8) is 0 Å². The van der Waals surface area contributed by atoms with Crippen LogP contribution in [0.2, 0.25) is 5.02 Å². The van der Waals surface area contributed by atoms with Gasteiger partial charge in [0, 0.05) is 28.1 Å². The van der Waals surface area contributed by atoms with Crippen LogP contribution in [0.3, 0.4) is 0 Å². The van der Waals surface area contributed by atoms with E-state index in [1.807, 2.05) is 0 Å². The average molecular weight is 345 g/mol. The third-order valence-electron chi connectivity index (χ3n) is 3.52. The van der Waals surface area contributed by atoms with Crippen LogP contribution in [-0.2, 0) is 0 Å². The first kappa shape index (κ1) is 15.9. The van der Waals surface area contributed by atoms with Gasteiger partial charge in [0.05, 0.1) is 10.6 Å². The van der Waals surface area contributed by atoms with Crippen molar-refractivity contribution < 1.29 is 14.1 Å². The Kier molecular flexibility index (Phi) is 4.14. The van der Waals surface area contributed by atoms with Gasteiger partial charge in [0.2, 0.25) is 0 Å². The van der Waals surface area contributed by atoms with Crippen LogP contribution in [0.4, 0.5) is 15.8 Å². The summed E-state index contributed by atoms with van der Waals surface area (Å²) in [5.74, 6) is -1.34. The number of halogens is 2. The highest BCUT2D eigenvalue weighted by molar-refractivity contribution is 6.36. The van der Waals surface area contributed by atoms with Gasteiger partial charge in [-0.25, -0.2) is 4.39 Å². The fourth-order valence-corrected chi connectivity index (χ4v) is 2.62. The van der Waals surface area contributed by atoms with Gasteiger partial charge in [0.25, 0.3) is 11.6 Å². The summed E-state index contributed by atoms with van der Waals surface area (Å²) < 4.78 is 13.8. The molecule has 1 amide bonds. The smallest absolute Gasteiger partial charge is 0.271 e. The molecule has 24 heavy (non-hydrogen) atoms. The van der Waals surface area contributed by atoms with E-state index >= 15 is 0 Å². The van der Waals surface area contributed by atoms with Crippen LogP contribution in [0.5, 0.6) is 0 Å². The lowest BCUT2D eigenvalue weighted by atomic mass is 10.0. The molecule has 3 aromatic carbocycles. The van der Waals surface area contributed by atoms with Crippen molar-refractivity contribution in [3.8, 4) is 0 Å². The van der Waals surface area contributed by atoms with Crippen LogP contribution in [0.1, 0.15) is 10.4 Å². The number of nitrogens with zero attached hydrogens (tertiary/aromatic N) is 1. The van der Waals surface area contributed by atoms with E-state index in [1.54, 1.807) is 36.4 Å². The molecule has 0 radical (unpaired) electrons. The number of amides is 1. The van der Waals surface area contributed by atoms with Crippen LogP contribution >= 0.6 is 11.6 Å². The van der Waals surface area contributed by atoms with E-state index in [1.165, 1.54) is 0 Å². The molecule has 0 saturated carbocycles. The predicted octanol–water partition coefficient (Wildman–Crippen LogP) is 4.79. The van der Waals surface area contributed by atoms with E-state index < -0.39 is 16.6 Å². The molecule has 3 rings (SSSR count). The topological polar surface area (TPSA) is 72.2 Å². The zero-order valence-electron chi connectivity index (χ0n) is 12.1. The summed E-state index contributed by atoms with van der Waals surface area (Å²) in [6, 6.07) is 13.1. The normalized spacial score (nSPS) is 10.6. The molecule has 0 aliphatic heterocycles. The molecular formula is C17H10ClFN2O3. The third kappa shape index (κ3) is 2.91. The largest absolute Gasteiger partial charge is 0.319 e.